The standard InChI is InChI=1S/C21H32O2/c1-4-21(23)12-9-18-16-6-5-14-13-15(22)7-10-19(14,2)17(16)8-11-20(18,21)3/h1,14-18,22-23H,5-13H2,2-3H3/t14-,15-,16-,17-,18-,19+,20+,21+/m1/s1. The van der Waals surface area contributed by atoms with E-state index in [1.54, 1.807) is 0 Å². The van der Waals surface area contributed by atoms with Crippen LogP contribution >= 0.6 is 0 Å². The van der Waals surface area contributed by atoms with E-state index < -0.39 is 5.60 Å². The molecule has 2 heteroatoms. The van der Waals surface area contributed by atoms with Crippen LogP contribution in [0.3, 0.4) is 0 Å². The molecule has 128 valence electrons. The molecule has 4 fully saturated rings. The Morgan fingerprint density at radius 1 is 0.957 bits per heavy atom. The highest BCUT2D eigenvalue weighted by Crippen LogP contribution is 2.68. The van der Waals surface area contributed by atoms with Crippen LogP contribution in [0.4, 0.5) is 0 Å². The van der Waals surface area contributed by atoms with E-state index in [-0.39, 0.29) is 11.5 Å². The predicted octanol–water partition coefficient (Wildman–Crippen LogP) is 3.75. The molecule has 0 aliphatic heterocycles. The molecule has 0 spiro atoms. The van der Waals surface area contributed by atoms with Crippen LogP contribution in [-0.2, 0) is 0 Å². The van der Waals surface area contributed by atoms with Crippen molar-refractivity contribution in [1.82, 2.24) is 0 Å². The van der Waals surface area contributed by atoms with Crippen molar-refractivity contribution in [2.75, 3.05) is 0 Å². The molecular formula is C21H32O2. The molecule has 0 amide bonds. The number of rotatable bonds is 0. The first kappa shape index (κ1) is 16.0. The average molecular weight is 316 g/mol. The van der Waals surface area contributed by atoms with Gasteiger partial charge in [0.1, 0.15) is 5.60 Å². The molecule has 0 aromatic carbocycles. The maximum absolute atomic E-state index is 11.0. The second-order valence-electron chi connectivity index (χ2n) is 9.58. The van der Waals surface area contributed by atoms with E-state index in [9.17, 15) is 10.2 Å². The summed E-state index contributed by atoms with van der Waals surface area (Å²) in [5, 5.41) is 21.1. The van der Waals surface area contributed by atoms with Crippen LogP contribution in [0.15, 0.2) is 0 Å². The summed E-state index contributed by atoms with van der Waals surface area (Å²) in [5.41, 5.74) is -0.566. The highest BCUT2D eigenvalue weighted by atomic mass is 16.3. The fourth-order valence-electron chi connectivity index (χ4n) is 7.49. The van der Waals surface area contributed by atoms with Crippen LogP contribution in [-0.4, -0.2) is 21.9 Å². The van der Waals surface area contributed by atoms with Gasteiger partial charge in [-0.15, -0.1) is 6.42 Å². The first-order valence-electron chi connectivity index (χ1n) is 9.72. The van der Waals surface area contributed by atoms with Crippen LogP contribution in [0, 0.1) is 46.8 Å². The summed E-state index contributed by atoms with van der Waals surface area (Å²) >= 11 is 0. The van der Waals surface area contributed by atoms with E-state index in [2.05, 4.69) is 19.8 Å². The molecule has 2 nitrogen and oxygen atoms in total. The minimum absolute atomic E-state index is 0.0727. The zero-order valence-electron chi connectivity index (χ0n) is 14.7. The number of aliphatic hydroxyl groups excluding tert-OH is 1. The third kappa shape index (κ3) is 1.96. The molecule has 4 saturated carbocycles. The minimum atomic E-state index is -0.886. The molecule has 2 N–H and O–H groups in total. The fourth-order valence-corrected chi connectivity index (χ4v) is 7.49. The maximum Gasteiger partial charge on any atom is 0.130 e. The van der Waals surface area contributed by atoms with Gasteiger partial charge < -0.3 is 10.2 Å². The van der Waals surface area contributed by atoms with Gasteiger partial charge in [0.15, 0.2) is 0 Å². The van der Waals surface area contributed by atoms with Gasteiger partial charge in [0.2, 0.25) is 0 Å². The van der Waals surface area contributed by atoms with E-state index in [4.69, 9.17) is 6.42 Å². The van der Waals surface area contributed by atoms with Gasteiger partial charge in [-0.05, 0) is 86.9 Å². The Kier molecular flexibility index (Phi) is 3.47. The first-order chi connectivity index (χ1) is 10.8. The molecule has 0 aromatic heterocycles. The molecule has 4 rings (SSSR count). The Morgan fingerprint density at radius 3 is 2.43 bits per heavy atom. The number of terminal acetylenes is 1. The Balaban J connectivity index is 1.65. The van der Waals surface area contributed by atoms with Crippen molar-refractivity contribution in [2.45, 2.75) is 83.3 Å². The Morgan fingerprint density at radius 2 is 1.70 bits per heavy atom. The summed E-state index contributed by atoms with van der Waals surface area (Å²) in [7, 11) is 0. The normalized spacial score (nSPS) is 58.7. The fraction of sp³-hybridized carbons (Fsp3) is 0.905. The molecule has 4 aliphatic carbocycles. The van der Waals surface area contributed by atoms with Crippen molar-refractivity contribution < 1.29 is 10.2 Å². The lowest BCUT2D eigenvalue weighted by atomic mass is 9.44. The quantitative estimate of drug-likeness (QED) is 0.668. The molecule has 23 heavy (non-hydrogen) atoms. The molecule has 8 atom stereocenters. The molecular weight excluding hydrogens is 284 g/mol. The number of aliphatic hydroxyl groups is 2. The van der Waals surface area contributed by atoms with E-state index in [1.807, 2.05) is 0 Å². The summed E-state index contributed by atoms with van der Waals surface area (Å²) in [6.07, 6.45) is 15.6. The number of hydrogen-bond donors (Lipinski definition) is 2. The van der Waals surface area contributed by atoms with Crippen LogP contribution in [0.1, 0.15) is 71.6 Å². The number of fused-ring (bicyclic) bond motifs is 5. The first-order valence-corrected chi connectivity index (χ1v) is 9.72. The predicted molar refractivity (Wildman–Crippen MR) is 91.5 cm³/mol. The Hall–Kier alpha value is -0.520. The highest BCUT2D eigenvalue weighted by molar-refractivity contribution is 5.23. The van der Waals surface area contributed by atoms with Gasteiger partial charge in [-0.25, -0.2) is 0 Å². The smallest absolute Gasteiger partial charge is 0.130 e. The third-order valence-corrected chi connectivity index (χ3v) is 9.03. The Bertz CT molecular complexity index is 536. The molecule has 0 bridgehead atoms. The van der Waals surface area contributed by atoms with E-state index in [0.29, 0.717) is 17.3 Å². The van der Waals surface area contributed by atoms with E-state index in [0.717, 1.165) is 43.9 Å². The zero-order valence-corrected chi connectivity index (χ0v) is 14.7. The molecule has 0 unspecified atom stereocenters. The SMILES string of the molecule is C#C[C@]1(O)CC[C@@H]2[C@@H]3CC[C@@H]4C[C@H](O)CC[C@]4(C)[C@@H]3CC[C@@]21C. The zero-order chi connectivity index (χ0) is 16.5. The van der Waals surface area contributed by atoms with Gasteiger partial charge in [0.25, 0.3) is 0 Å². The Labute approximate surface area is 141 Å². The second-order valence-corrected chi connectivity index (χ2v) is 9.58. The molecule has 0 aromatic rings. The lowest BCUT2D eigenvalue weighted by molar-refractivity contribution is -0.144. The van der Waals surface area contributed by atoms with Crippen molar-refractivity contribution >= 4 is 0 Å². The summed E-state index contributed by atoms with van der Waals surface area (Å²) in [6.45, 7) is 4.77. The van der Waals surface area contributed by atoms with Crippen LogP contribution in [0.25, 0.3) is 0 Å². The monoisotopic (exact) mass is 316 g/mol. The van der Waals surface area contributed by atoms with E-state index in [1.165, 1.54) is 25.7 Å². The van der Waals surface area contributed by atoms with Gasteiger partial charge in [-0.2, -0.15) is 0 Å². The van der Waals surface area contributed by atoms with Gasteiger partial charge in [-0.1, -0.05) is 19.8 Å². The van der Waals surface area contributed by atoms with Gasteiger partial charge >= 0.3 is 0 Å². The lowest BCUT2D eigenvalue weighted by Gasteiger charge is -2.61. The van der Waals surface area contributed by atoms with Crippen LogP contribution in [0.2, 0.25) is 0 Å². The largest absolute Gasteiger partial charge is 0.393 e. The summed E-state index contributed by atoms with van der Waals surface area (Å²) < 4.78 is 0. The van der Waals surface area contributed by atoms with Crippen molar-refractivity contribution in [3.05, 3.63) is 0 Å². The summed E-state index contributed by atoms with van der Waals surface area (Å²) in [6, 6.07) is 0. The minimum Gasteiger partial charge on any atom is -0.393 e. The maximum atomic E-state index is 11.0. The van der Waals surface area contributed by atoms with Crippen LogP contribution in [0.5, 0.6) is 0 Å². The van der Waals surface area contributed by atoms with Crippen molar-refractivity contribution in [3.8, 4) is 12.3 Å². The average Bonchev–Trinajstić information content (AvgIpc) is 2.80. The van der Waals surface area contributed by atoms with Gasteiger partial charge in [0.05, 0.1) is 6.10 Å². The van der Waals surface area contributed by atoms with Gasteiger partial charge in [-0.3, -0.25) is 0 Å². The topological polar surface area (TPSA) is 40.5 Å². The van der Waals surface area contributed by atoms with Crippen molar-refractivity contribution in [2.24, 2.45) is 34.5 Å². The van der Waals surface area contributed by atoms with E-state index >= 15 is 0 Å². The van der Waals surface area contributed by atoms with Gasteiger partial charge in [0, 0.05) is 5.41 Å². The van der Waals surface area contributed by atoms with Crippen LogP contribution < -0.4 is 0 Å². The van der Waals surface area contributed by atoms with Crippen molar-refractivity contribution in [1.29, 1.82) is 0 Å². The number of hydrogen-bond acceptors (Lipinski definition) is 2. The van der Waals surface area contributed by atoms with Crippen molar-refractivity contribution in [3.63, 3.8) is 0 Å². The third-order valence-electron chi connectivity index (χ3n) is 9.03. The lowest BCUT2D eigenvalue weighted by Crippen LogP contribution is -2.56. The summed E-state index contributed by atoms with van der Waals surface area (Å²) in [4.78, 5) is 0. The second kappa shape index (κ2) is 4.99. The highest BCUT2D eigenvalue weighted by Gasteiger charge is 2.64. The molecule has 0 heterocycles. The summed E-state index contributed by atoms with van der Waals surface area (Å²) in [5.74, 6) is 5.56. The molecule has 4 aliphatic rings. The molecule has 0 radical (unpaired) electrons. The molecule has 0 saturated heterocycles.